The molecule has 0 bridgehead atoms. The number of nitrogens with one attached hydrogen (secondary N) is 2. The second-order valence-electron chi connectivity index (χ2n) is 10.5. The predicted molar refractivity (Wildman–Crippen MR) is 167 cm³/mol. The first-order chi connectivity index (χ1) is 21.8. The molecule has 0 saturated carbocycles. The van der Waals surface area contributed by atoms with E-state index in [1.807, 2.05) is 6.08 Å². The molecule has 2 aromatic carbocycles. The molecule has 2 aromatic rings. The second-order valence-corrected chi connectivity index (χ2v) is 13.2. The number of benzene rings is 2. The molecule has 0 aromatic heterocycles. The van der Waals surface area contributed by atoms with E-state index in [0.717, 1.165) is 11.8 Å². The number of unbranched alkanes of at least 4 members (excludes halogenated alkanes) is 1. The molecule has 0 spiro atoms. The van der Waals surface area contributed by atoms with Gasteiger partial charge < -0.3 is 25.1 Å². The molecule has 1 aliphatic carbocycles. The van der Waals surface area contributed by atoms with Crippen LogP contribution in [0.15, 0.2) is 76.2 Å². The number of carbonyl (C=O) groups is 1. The van der Waals surface area contributed by atoms with Crippen molar-refractivity contribution in [3.05, 3.63) is 82.4 Å². The first kappa shape index (κ1) is 34.8. The fourth-order valence-electron chi connectivity index (χ4n) is 4.50. The second kappa shape index (κ2) is 15.5. The number of aliphatic imine (C=N–C) groups is 1. The normalized spacial score (nSPS) is 17.0. The van der Waals surface area contributed by atoms with Gasteiger partial charge in [-0.15, -0.1) is 0 Å². The van der Waals surface area contributed by atoms with Crippen LogP contribution < -0.4 is 15.4 Å². The van der Waals surface area contributed by atoms with Crippen molar-refractivity contribution < 1.29 is 40.3 Å². The summed E-state index contributed by atoms with van der Waals surface area (Å²) >= 11 is 6.44. The number of rotatable bonds is 14. The molecule has 16 heteroatoms. The van der Waals surface area contributed by atoms with Crippen molar-refractivity contribution in [3.63, 3.8) is 0 Å². The Kier molecular flexibility index (Phi) is 11.7. The molecule has 2 N–H and O–H groups in total. The minimum Gasteiger partial charge on any atom is -0.487 e. The Morgan fingerprint density at radius 1 is 1.20 bits per heavy atom. The van der Waals surface area contributed by atoms with Gasteiger partial charge in [0.05, 0.1) is 28.9 Å². The third-order valence-electron chi connectivity index (χ3n) is 6.82. The lowest BCUT2D eigenvalue weighted by Gasteiger charge is -2.27. The minimum absolute atomic E-state index is 0.0770. The predicted octanol–water partition coefficient (Wildman–Crippen LogP) is 5.23. The van der Waals surface area contributed by atoms with Gasteiger partial charge in [-0.2, -0.15) is 13.2 Å². The van der Waals surface area contributed by atoms with Crippen molar-refractivity contribution in [1.82, 2.24) is 10.2 Å². The highest BCUT2D eigenvalue weighted by Crippen LogP contribution is 2.31. The average Bonchev–Trinajstić information content (AvgIpc) is 2.99. The van der Waals surface area contributed by atoms with Gasteiger partial charge in [-0.3, -0.25) is 4.79 Å². The van der Waals surface area contributed by atoms with Crippen molar-refractivity contribution in [2.24, 2.45) is 10.1 Å². The van der Waals surface area contributed by atoms with Gasteiger partial charge in [0.25, 0.3) is 0 Å². The largest absolute Gasteiger partial charge is 0.487 e. The van der Waals surface area contributed by atoms with Crippen LogP contribution >= 0.6 is 11.6 Å². The first-order valence-corrected chi connectivity index (χ1v) is 16.6. The third-order valence-corrected chi connectivity index (χ3v) is 8.03. The number of fused-ring (bicyclic) bond motifs is 1. The van der Waals surface area contributed by atoms with Gasteiger partial charge in [0, 0.05) is 37.0 Å². The van der Waals surface area contributed by atoms with Crippen LogP contribution in [0.5, 0.6) is 5.75 Å². The van der Waals surface area contributed by atoms with Crippen LogP contribution in [-0.4, -0.2) is 75.2 Å². The van der Waals surface area contributed by atoms with Gasteiger partial charge in [-0.1, -0.05) is 35.0 Å². The van der Waals surface area contributed by atoms with E-state index in [0.29, 0.717) is 44.9 Å². The number of hydrogen-bond donors (Lipinski definition) is 2. The number of alkyl halides is 3. The number of amides is 1. The molecule has 0 radical (unpaired) electrons. The summed E-state index contributed by atoms with van der Waals surface area (Å²) in [4.78, 5) is 22.0. The number of allylic oxidation sites excluding steroid dienone is 1. The van der Waals surface area contributed by atoms with E-state index in [1.165, 1.54) is 12.1 Å². The zero-order valence-electron chi connectivity index (χ0n) is 24.7. The van der Waals surface area contributed by atoms with Gasteiger partial charge in [-0.05, 0) is 54.8 Å². The fourth-order valence-corrected chi connectivity index (χ4v) is 5.29. The maximum absolute atomic E-state index is 13.4. The van der Waals surface area contributed by atoms with Crippen LogP contribution in [0, 0.1) is 5.82 Å². The Labute approximate surface area is 268 Å². The Morgan fingerprint density at radius 2 is 2.00 bits per heavy atom. The summed E-state index contributed by atoms with van der Waals surface area (Å²) in [6.45, 7) is -0.594. The molecular weight excluding hydrogens is 654 g/mol. The van der Waals surface area contributed by atoms with Crippen molar-refractivity contribution in [3.8, 4) is 5.75 Å². The molecule has 0 fully saturated rings. The van der Waals surface area contributed by atoms with E-state index in [4.69, 9.17) is 21.2 Å². The highest BCUT2D eigenvalue weighted by Gasteiger charge is 2.42. The van der Waals surface area contributed by atoms with Crippen LogP contribution in [0.2, 0.25) is 5.02 Å². The van der Waals surface area contributed by atoms with Crippen LogP contribution in [0.3, 0.4) is 0 Å². The number of hydrogen-bond acceptors (Lipinski definition) is 9. The van der Waals surface area contributed by atoms with E-state index in [-0.39, 0.29) is 44.5 Å². The zero-order valence-corrected chi connectivity index (χ0v) is 26.3. The molecule has 1 unspecified atom stereocenters. The van der Waals surface area contributed by atoms with Crippen LogP contribution in [-0.2, 0) is 26.1 Å². The SMILES string of the molecule is CS(=O)(=O)CCN(CCCCON=C1C=CC2NC=NC(Nc3ccc(OCc4cccc(F)c4)c(Cl)c3)=C2C1)C(=O)C(F)(F)F. The maximum atomic E-state index is 13.4. The lowest BCUT2D eigenvalue weighted by Crippen LogP contribution is -2.43. The Balaban J connectivity index is 1.30. The van der Waals surface area contributed by atoms with Gasteiger partial charge in [0.1, 0.15) is 40.4 Å². The molecule has 1 amide bonds. The summed E-state index contributed by atoms with van der Waals surface area (Å²) < 4.78 is 80.7. The number of halogens is 5. The quantitative estimate of drug-likeness (QED) is 0.159. The molecule has 10 nitrogen and oxygen atoms in total. The van der Waals surface area contributed by atoms with Crippen LogP contribution in [0.25, 0.3) is 0 Å². The summed E-state index contributed by atoms with van der Waals surface area (Å²) in [5.74, 6) is -1.99. The Morgan fingerprint density at radius 3 is 2.72 bits per heavy atom. The van der Waals surface area contributed by atoms with E-state index < -0.39 is 34.2 Å². The van der Waals surface area contributed by atoms with E-state index in [1.54, 1.807) is 42.7 Å². The lowest BCUT2D eigenvalue weighted by molar-refractivity contribution is -0.185. The molecule has 2 aliphatic rings. The van der Waals surface area contributed by atoms with Crippen molar-refractivity contribution in [2.75, 3.05) is 37.0 Å². The number of anilines is 1. The highest BCUT2D eigenvalue weighted by atomic mass is 35.5. The molecule has 248 valence electrons. The minimum atomic E-state index is -5.10. The topological polar surface area (TPSA) is 122 Å². The standard InChI is InChI=1S/C30H32ClF4N5O5S/c1-46(42,43)14-12-40(29(41)30(33,34)35)11-2-3-13-45-39-23-7-9-26-24(16-23)28(37-19-36-26)38-22-8-10-27(25(31)17-22)44-18-20-5-4-6-21(32)15-20/h4-10,15,17,19,26,38H,2-3,11-14,16,18H2,1H3,(H,36,37). The summed E-state index contributed by atoms with van der Waals surface area (Å²) in [5, 5.41) is 10.9. The van der Waals surface area contributed by atoms with Crippen LogP contribution in [0.1, 0.15) is 24.8 Å². The van der Waals surface area contributed by atoms with Crippen LogP contribution in [0.4, 0.5) is 23.2 Å². The van der Waals surface area contributed by atoms with Crippen molar-refractivity contribution in [1.29, 1.82) is 0 Å². The van der Waals surface area contributed by atoms with Gasteiger partial charge in [0.15, 0.2) is 0 Å². The number of oxime groups is 1. The summed E-state index contributed by atoms with van der Waals surface area (Å²) in [6, 6.07) is 11.1. The molecule has 1 heterocycles. The van der Waals surface area contributed by atoms with Crippen molar-refractivity contribution in [2.45, 2.75) is 38.1 Å². The van der Waals surface area contributed by atoms with Gasteiger partial charge in [-0.25, -0.2) is 17.8 Å². The zero-order chi connectivity index (χ0) is 33.3. The lowest BCUT2D eigenvalue weighted by atomic mass is 9.94. The van der Waals surface area contributed by atoms with Gasteiger partial charge >= 0.3 is 12.1 Å². The third kappa shape index (κ3) is 10.5. The molecular formula is C30H32ClF4N5O5S. The smallest absolute Gasteiger partial charge is 0.471 e. The Hall–Kier alpha value is -4.11. The number of ether oxygens (including phenoxy) is 1. The van der Waals surface area contributed by atoms with Crippen molar-refractivity contribution >= 4 is 45.1 Å². The van der Waals surface area contributed by atoms with E-state index in [2.05, 4.69) is 20.8 Å². The average molecular weight is 686 g/mol. The first-order valence-electron chi connectivity index (χ1n) is 14.1. The Bertz CT molecular complexity index is 1650. The number of sulfone groups is 1. The van der Waals surface area contributed by atoms with Gasteiger partial charge in [0.2, 0.25) is 0 Å². The molecule has 46 heavy (non-hydrogen) atoms. The molecule has 1 atom stereocenters. The number of nitrogens with zero attached hydrogens (tertiary/aromatic N) is 3. The summed E-state index contributed by atoms with van der Waals surface area (Å²) in [7, 11) is -3.55. The number of carbonyl (C=O) groups excluding carboxylic acids is 1. The highest BCUT2D eigenvalue weighted by molar-refractivity contribution is 7.90. The molecule has 1 aliphatic heterocycles. The van der Waals surface area contributed by atoms with E-state index >= 15 is 0 Å². The monoisotopic (exact) mass is 685 g/mol. The molecule has 4 rings (SSSR count). The summed E-state index contributed by atoms with van der Waals surface area (Å²) in [5.41, 5.74) is 2.79. The van der Waals surface area contributed by atoms with E-state index in [9.17, 15) is 30.8 Å². The summed E-state index contributed by atoms with van der Waals surface area (Å²) in [6.07, 6.45) is 1.86. The molecule has 0 saturated heterocycles. The fraction of sp³-hybridized carbons (Fsp3) is 0.367. The maximum Gasteiger partial charge on any atom is 0.471 e.